The van der Waals surface area contributed by atoms with Gasteiger partial charge < -0.3 is 4.90 Å². The third kappa shape index (κ3) is 5.08. The lowest BCUT2D eigenvalue weighted by Crippen LogP contribution is -2.45. The molecule has 2 aliphatic heterocycles. The lowest BCUT2D eigenvalue weighted by molar-refractivity contribution is 0.0997. The molecule has 0 radical (unpaired) electrons. The predicted octanol–water partition coefficient (Wildman–Crippen LogP) is 8.12. The first-order valence-electron chi connectivity index (χ1n) is 16.2. The predicted molar refractivity (Wildman–Crippen MR) is 191 cm³/mol. The minimum absolute atomic E-state index is 0.0943. The highest BCUT2D eigenvalue weighted by molar-refractivity contribution is 6.49. The van der Waals surface area contributed by atoms with E-state index < -0.39 is 5.66 Å². The molecule has 0 amide bonds. The van der Waals surface area contributed by atoms with Crippen LogP contribution in [0.3, 0.4) is 0 Å². The molecule has 0 saturated heterocycles. The fourth-order valence-corrected chi connectivity index (χ4v) is 7.10. The molecule has 2 aliphatic rings. The summed E-state index contributed by atoms with van der Waals surface area (Å²) in [5.74, 6) is -0.526. The highest BCUT2D eigenvalue weighted by atomic mass is 16.1. The molecule has 0 aromatic heterocycles. The lowest BCUT2D eigenvalue weighted by atomic mass is 9.79. The Labute approximate surface area is 279 Å². The third-order valence-corrected chi connectivity index (χ3v) is 9.34. The molecule has 6 aromatic rings. The van der Waals surface area contributed by atoms with E-state index in [1.807, 2.05) is 72.8 Å². The highest BCUT2D eigenvalue weighted by Gasteiger charge is 2.49. The number of allylic oxidation sites excluding steroid dienone is 1. The van der Waals surface area contributed by atoms with E-state index in [2.05, 4.69) is 83.8 Å². The van der Waals surface area contributed by atoms with Crippen molar-refractivity contribution >= 4 is 28.5 Å². The van der Waals surface area contributed by atoms with E-state index in [1.54, 1.807) is 24.3 Å². The van der Waals surface area contributed by atoms with E-state index >= 15 is 0 Å². The van der Waals surface area contributed by atoms with Gasteiger partial charge in [0.1, 0.15) is 0 Å². The van der Waals surface area contributed by atoms with Crippen LogP contribution < -0.4 is 15.5 Å². The van der Waals surface area contributed by atoms with Gasteiger partial charge in [0, 0.05) is 34.7 Å². The van der Waals surface area contributed by atoms with E-state index in [1.165, 1.54) is 5.56 Å². The second-order valence-corrected chi connectivity index (χ2v) is 12.2. The van der Waals surface area contributed by atoms with E-state index in [0.717, 1.165) is 27.9 Å². The number of fused-ring (bicyclic) bond motifs is 3. The number of benzene rings is 6. The second-order valence-electron chi connectivity index (χ2n) is 12.2. The zero-order valence-electron chi connectivity index (χ0n) is 26.2. The average molecular weight is 621 g/mol. The molecule has 6 aromatic carbocycles. The van der Waals surface area contributed by atoms with E-state index in [-0.39, 0.29) is 23.1 Å². The number of hydrogen-bond donors (Lipinski definition) is 0. The van der Waals surface area contributed by atoms with Crippen LogP contribution in [0.25, 0.3) is 11.3 Å². The van der Waals surface area contributed by atoms with Crippen molar-refractivity contribution < 1.29 is 9.59 Å². The fourth-order valence-electron chi connectivity index (χ4n) is 7.10. The maximum Gasteiger partial charge on any atom is 0.197 e. The van der Waals surface area contributed by atoms with Crippen LogP contribution in [0.15, 0.2) is 181 Å². The van der Waals surface area contributed by atoms with Crippen molar-refractivity contribution in [2.24, 2.45) is 4.99 Å². The minimum Gasteiger partial charge on any atom is -0.310 e. The Morgan fingerprint density at radius 1 is 0.604 bits per heavy atom. The van der Waals surface area contributed by atoms with Crippen molar-refractivity contribution in [3.8, 4) is 0 Å². The van der Waals surface area contributed by atoms with Gasteiger partial charge >= 0.3 is 0 Å². The number of rotatable bonds is 7. The Kier molecular flexibility index (Phi) is 7.46. The quantitative estimate of drug-likeness (QED) is 0.134. The van der Waals surface area contributed by atoms with Gasteiger partial charge in [0.25, 0.3) is 0 Å². The van der Waals surface area contributed by atoms with Crippen LogP contribution in [0.1, 0.15) is 49.7 Å². The van der Waals surface area contributed by atoms with Crippen molar-refractivity contribution in [1.29, 1.82) is 0 Å². The van der Waals surface area contributed by atoms with E-state index in [4.69, 9.17) is 4.99 Å². The molecule has 0 N–H and O–H groups in total. The maximum absolute atomic E-state index is 14.2. The number of ketones is 2. The molecule has 0 bridgehead atoms. The number of anilines is 1. The average Bonchev–Trinajstić information content (AvgIpc) is 3.51. The van der Waals surface area contributed by atoms with Crippen LogP contribution in [0.2, 0.25) is 0 Å². The van der Waals surface area contributed by atoms with E-state index in [0.29, 0.717) is 22.8 Å². The minimum atomic E-state index is -0.754. The Hall–Kier alpha value is -6.13. The molecule has 2 atom stereocenters. The molecule has 0 fully saturated rings. The van der Waals surface area contributed by atoms with Gasteiger partial charge in [-0.25, -0.2) is 0 Å². The zero-order chi connectivity index (χ0) is 32.5. The summed E-state index contributed by atoms with van der Waals surface area (Å²) in [4.78, 5) is 36.3. The summed E-state index contributed by atoms with van der Waals surface area (Å²) in [6, 6.07) is 55.3. The van der Waals surface area contributed by atoms with Crippen LogP contribution in [0, 0.1) is 0 Å². The molecule has 0 unspecified atom stereocenters. The van der Waals surface area contributed by atoms with Gasteiger partial charge in [-0.15, -0.1) is 0 Å². The van der Waals surface area contributed by atoms with Gasteiger partial charge in [0.15, 0.2) is 17.2 Å². The molecule has 48 heavy (non-hydrogen) atoms. The van der Waals surface area contributed by atoms with Crippen molar-refractivity contribution in [3.63, 3.8) is 0 Å². The maximum atomic E-state index is 14.2. The molecule has 4 heteroatoms. The van der Waals surface area contributed by atoms with Crippen molar-refractivity contribution in [1.82, 2.24) is 0 Å². The summed E-state index contributed by atoms with van der Waals surface area (Å²) in [6.07, 6.45) is 3.06. The molecule has 4 nitrogen and oxygen atoms in total. The van der Waals surface area contributed by atoms with Crippen LogP contribution in [0.5, 0.6) is 0 Å². The fraction of sp³-hybridized carbons (Fsp3) is 0.0682. The Morgan fingerprint density at radius 2 is 1.12 bits per heavy atom. The molecular weight excluding hydrogens is 588 g/mol. The monoisotopic (exact) mass is 620 g/mol. The molecule has 0 aliphatic carbocycles. The Balaban J connectivity index is 1.40. The second kappa shape index (κ2) is 12.2. The Bertz CT molecular complexity index is 2230. The topological polar surface area (TPSA) is 49.7 Å². The molecule has 0 saturated carbocycles. The van der Waals surface area contributed by atoms with Crippen LogP contribution in [-0.2, 0) is 5.66 Å². The molecule has 230 valence electrons. The number of hydrogen-bond acceptors (Lipinski definition) is 4. The first-order valence-corrected chi connectivity index (χ1v) is 16.2. The molecular formula is C44H32N2O2. The van der Waals surface area contributed by atoms with Crippen LogP contribution in [-0.4, -0.2) is 11.6 Å². The number of carbonyl (C=O) groups excluding carboxylic acids is 2. The van der Waals surface area contributed by atoms with E-state index in [9.17, 15) is 9.59 Å². The van der Waals surface area contributed by atoms with Gasteiger partial charge in [-0.05, 0) is 28.5 Å². The van der Waals surface area contributed by atoms with Gasteiger partial charge in [0.2, 0.25) is 0 Å². The number of nitrogens with zero attached hydrogens (tertiary/aromatic N) is 2. The van der Waals surface area contributed by atoms with Crippen LogP contribution in [0.4, 0.5) is 5.69 Å². The molecule has 8 rings (SSSR count). The van der Waals surface area contributed by atoms with Gasteiger partial charge in [-0.1, -0.05) is 164 Å². The summed E-state index contributed by atoms with van der Waals surface area (Å²) < 4.78 is 0. The van der Waals surface area contributed by atoms with Crippen molar-refractivity contribution in [2.75, 3.05) is 4.90 Å². The Morgan fingerprint density at radius 3 is 1.71 bits per heavy atom. The first kappa shape index (κ1) is 29.3. The van der Waals surface area contributed by atoms with Crippen molar-refractivity contribution in [3.05, 3.63) is 214 Å². The number of Topliss-reactive ketones (excluding diaryl/α,β-unsaturated/α-hetero) is 2. The standard InChI is InChI=1S/C44H32N2O2/c47-42(33-20-10-3-11-21-33)41(43(48)34-22-12-4-13-23-34)35-26-27-38-40(28-35)46-39(32-18-8-2-9-19-32)29-36(31-16-6-1-7-17-31)30-44(46,45-38)37-24-14-5-15-25-37/h1-29,36H,30H2/t36-,44-/m0/s1. The van der Waals surface area contributed by atoms with Gasteiger partial charge in [-0.3, -0.25) is 14.6 Å². The van der Waals surface area contributed by atoms with Crippen molar-refractivity contribution in [2.45, 2.75) is 18.0 Å². The zero-order valence-corrected chi connectivity index (χ0v) is 26.2. The summed E-state index contributed by atoms with van der Waals surface area (Å²) in [6.45, 7) is 0. The summed E-state index contributed by atoms with van der Waals surface area (Å²) in [7, 11) is 0. The summed E-state index contributed by atoms with van der Waals surface area (Å²) >= 11 is 0. The summed E-state index contributed by atoms with van der Waals surface area (Å²) in [5, 5.41) is 1.38. The lowest BCUT2D eigenvalue weighted by Gasteiger charge is -2.46. The largest absolute Gasteiger partial charge is 0.310 e. The molecule has 0 spiro atoms. The first-order chi connectivity index (χ1) is 23.6. The normalized spacial score (nSPS) is 17.8. The van der Waals surface area contributed by atoms with Gasteiger partial charge in [-0.2, -0.15) is 0 Å². The van der Waals surface area contributed by atoms with Crippen LogP contribution >= 0.6 is 0 Å². The summed E-state index contributed by atoms with van der Waals surface area (Å²) in [5.41, 5.74) is 5.58. The van der Waals surface area contributed by atoms with Gasteiger partial charge in [0.05, 0.1) is 16.6 Å². The smallest absolute Gasteiger partial charge is 0.197 e. The molecule has 2 heterocycles. The SMILES string of the molecule is O=C(C(C(=O)c1ccccc1)=c1ccc2c(c1)N1C(c3ccccc3)=C[C@H](c3ccccc3)C[C@]1(c1ccccc1)N=2)c1ccccc1. The number of carbonyl (C=O) groups is 2. The highest BCUT2D eigenvalue weighted by Crippen LogP contribution is 2.52. The third-order valence-electron chi connectivity index (χ3n) is 9.34.